The molecule has 1 N–H and O–H groups in total. The number of carbonyl (C=O) groups excluding carboxylic acids is 1. The predicted octanol–water partition coefficient (Wildman–Crippen LogP) is 3.27. The van der Waals surface area contributed by atoms with Crippen LogP contribution in [0.5, 0.6) is 0 Å². The van der Waals surface area contributed by atoms with Crippen LogP contribution in [0, 0.1) is 5.92 Å². The fourth-order valence-electron chi connectivity index (χ4n) is 2.26. The molecular weight excluding hydrogens is 271 g/mol. The molecule has 1 aromatic rings. The standard InChI is InChI=1S/C13H16Cl2N2O/c1-17-6-5-9(8-17)7-12(18)16-13-10(14)3-2-4-11(13)15/h2-4,9H,5-8H2,1H3,(H,16,18). The molecule has 1 saturated heterocycles. The van der Waals surface area contributed by atoms with E-state index in [0.717, 1.165) is 19.5 Å². The van der Waals surface area contributed by atoms with Crippen molar-refractivity contribution in [2.45, 2.75) is 12.8 Å². The Morgan fingerprint density at radius 3 is 2.67 bits per heavy atom. The molecule has 0 saturated carbocycles. The molecule has 0 bridgehead atoms. The average molecular weight is 287 g/mol. The maximum absolute atomic E-state index is 11.9. The lowest BCUT2D eigenvalue weighted by Crippen LogP contribution is -2.19. The van der Waals surface area contributed by atoms with Crippen LogP contribution in [-0.2, 0) is 4.79 Å². The first-order valence-electron chi connectivity index (χ1n) is 5.98. The van der Waals surface area contributed by atoms with E-state index in [2.05, 4.69) is 17.3 Å². The highest BCUT2D eigenvalue weighted by Crippen LogP contribution is 2.30. The molecular formula is C13H16Cl2N2O. The Morgan fingerprint density at radius 2 is 2.11 bits per heavy atom. The van der Waals surface area contributed by atoms with Crippen LogP contribution < -0.4 is 5.32 Å². The maximum Gasteiger partial charge on any atom is 0.224 e. The van der Waals surface area contributed by atoms with Gasteiger partial charge >= 0.3 is 0 Å². The first-order chi connectivity index (χ1) is 8.56. The van der Waals surface area contributed by atoms with E-state index in [-0.39, 0.29) is 5.91 Å². The minimum absolute atomic E-state index is 0.0229. The van der Waals surface area contributed by atoms with Gasteiger partial charge in [-0.3, -0.25) is 4.79 Å². The van der Waals surface area contributed by atoms with Gasteiger partial charge in [-0.05, 0) is 38.1 Å². The Balaban J connectivity index is 1.95. The van der Waals surface area contributed by atoms with Crippen LogP contribution in [-0.4, -0.2) is 30.9 Å². The number of hydrogen-bond acceptors (Lipinski definition) is 2. The second kappa shape index (κ2) is 5.91. The summed E-state index contributed by atoms with van der Waals surface area (Å²) in [6, 6.07) is 5.19. The third-order valence-electron chi connectivity index (χ3n) is 3.19. The molecule has 1 aliphatic rings. The lowest BCUT2D eigenvalue weighted by Gasteiger charge is -2.12. The van der Waals surface area contributed by atoms with Gasteiger partial charge in [0.1, 0.15) is 0 Å². The van der Waals surface area contributed by atoms with Crippen molar-refractivity contribution in [3.63, 3.8) is 0 Å². The molecule has 0 radical (unpaired) electrons. The van der Waals surface area contributed by atoms with Crippen molar-refractivity contribution in [1.29, 1.82) is 0 Å². The minimum Gasteiger partial charge on any atom is -0.324 e. The lowest BCUT2D eigenvalue weighted by molar-refractivity contribution is -0.117. The van der Waals surface area contributed by atoms with E-state index in [0.29, 0.717) is 28.1 Å². The summed E-state index contributed by atoms with van der Waals surface area (Å²) in [4.78, 5) is 14.2. The SMILES string of the molecule is CN1CCC(CC(=O)Nc2c(Cl)cccc2Cl)C1. The number of carbonyl (C=O) groups is 1. The van der Waals surface area contributed by atoms with Gasteiger partial charge in [0.05, 0.1) is 15.7 Å². The summed E-state index contributed by atoms with van der Waals surface area (Å²) in [5, 5.41) is 3.74. The number of likely N-dealkylation sites (tertiary alicyclic amines) is 1. The van der Waals surface area contributed by atoms with Gasteiger partial charge in [0.2, 0.25) is 5.91 Å². The third-order valence-corrected chi connectivity index (χ3v) is 3.82. The van der Waals surface area contributed by atoms with Crippen molar-refractivity contribution < 1.29 is 4.79 Å². The van der Waals surface area contributed by atoms with Gasteiger partial charge in [-0.25, -0.2) is 0 Å². The molecule has 3 nitrogen and oxygen atoms in total. The monoisotopic (exact) mass is 286 g/mol. The quantitative estimate of drug-likeness (QED) is 0.925. The van der Waals surface area contributed by atoms with Crippen LogP contribution in [0.1, 0.15) is 12.8 Å². The summed E-state index contributed by atoms with van der Waals surface area (Å²) in [7, 11) is 2.07. The Morgan fingerprint density at radius 1 is 1.44 bits per heavy atom. The fourth-order valence-corrected chi connectivity index (χ4v) is 2.75. The Kier molecular flexibility index (Phi) is 4.49. The van der Waals surface area contributed by atoms with Crippen LogP contribution in [0.15, 0.2) is 18.2 Å². The summed E-state index contributed by atoms with van der Waals surface area (Å²) in [5.74, 6) is 0.404. The van der Waals surface area contributed by atoms with Crippen LogP contribution >= 0.6 is 23.2 Å². The lowest BCUT2D eigenvalue weighted by atomic mass is 10.0. The smallest absolute Gasteiger partial charge is 0.224 e. The van der Waals surface area contributed by atoms with Gasteiger partial charge in [-0.15, -0.1) is 0 Å². The zero-order valence-corrected chi connectivity index (χ0v) is 11.8. The largest absolute Gasteiger partial charge is 0.324 e. The van der Waals surface area contributed by atoms with Gasteiger partial charge in [0.15, 0.2) is 0 Å². The van der Waals surface area contributed by atoms with Crippen molar-refractivity contribution in [2.24, 2.45) is 5.92 Å². The molecule has 0 aromatic heterocycles. The van der Waals surface area contributed by atoms with E-state index in [1.54, 1.807) is 18.2 Å². The number of hydrogen-bond donors (Lipinski definition) is 1. The minimum atomic E-state index is -0.0229. The summed E-state index contributed by atoms with van der Waals surface area (Å²) >= 11 is 12.0. The number of rotatable bonds is 3. The third kappa shape index (κ3) is 3.37. The predicted molar refractivity (Wildman–Crippen MR) is 75.3 cm³/mol. The van der Waals surface area contributed by atoms with Crippen LogP contribution in [0.3, 0.4) is 0 Å². The highest BCUT2D eigenvalue weighted by molar-refractivity contribution is 6.39. The van der Waals surface area contributed by atoms with Gasteiger partial charge < -0.3 is 10.2 Å². The van der Waals surface area contributed by atoms with Crippen molar-refractivity contribution in [3.05, 3.63) is 28.2 Å². The van der Waals surface area contributed by atoms with Crippen molar-refractivity contribution >= 4 is 34.8 Å². The van der Waals surface area contributed by atoms with Crippen LogP contribution in [0.2, 0.25) is 10.0 Å². The highest BCUT2D eigenvalue weighted by Gasteiger charge is 2.22. The molecule has 1 aliphatic heterocycles. The van der Waals surface area contributed by atoms with E-state index < -0.39 is 0 Å². The summed E-state index contributed by atoms with van der Waals surface area (Å²) in [5.41, 5.74) is 0.511. The van der Waals surface area contributed by atoms with Gasteiger partial charge in [0, 0.05) is 13.0 Å². The first-order valence-corrected chi connectivity index (χ1v) is 6.74. The number of benzene rings is 1. The highest BCUT2D eigenvalue weighted by atomic mass is 35.5. The zero-order valence-electron chi connectivity index (χ0n) is 10.2. The van der Waals surface area contributed by atoms with Crippen LogP contribution in [0.25, 0.3) is 0 Å². The van der Waals surface area contributed by atoms with Gasteiger partial charge in [0.25, 0.3) is 0 Å². The number of halogens is 2. The molecule has 1 unspecified atom stereocenters. The van der Waals surface area contributed by atoms with E-state index >= 15 is 0 Å². The Labute approximate surface area is 117 Å². The Hall–Kier alpha value is -0.770. The summed E-state index contributed by atoms with van der Waals surface area (Å²) < 4.78 is 0. The maximum atomic E-state index is 11.9. The Bertz CT molecular complexity index is 430. The van der Waals surface area contributed by atoms with E-state index in [1.807, 2.05) is 0 Å². The molecule has 1 aromatic carbocycles. The first kappa shape index (κ1) is 13.7. The number of para-hydroxylation sites is 1. The molecule has 1 heterocycles. The van der Waals surface area contributed by atoms with Crippen molar-refractivity contribution in [1.82, 2.24) is 4.90 Å². The number of nitrogens with one attached hydrogen (secondary N) is 1. The summed E-state index contributed by atoms with van der Waals surface area (Å²) in [6.07, 6.45) is 1.59. The van der Waals surface area contributed by atoms with E-state index in [9.17, 15) is 4.79 Å². The molecule has 2 rings (SSSR count). The van der Waals surface area contributed by atoms with Gasteiger partial charge in [-0.1, -0.05) is 29.3 Å². The molecule has 0 spiro atoms. The molecule has 1 atom stereocenters. The molecule has 0 aliphatic carbocycles. The summed E-state index contributed by atoms with van der Waals surface area (Å²) in [6.45, 7) is 2.04. The number of anilines is 1. The van der Waals surface area contributed by atoms with Crippen LogP contribution in [0.4, 0.5) is 5.69 Å². The zero-order chi connectivity index (χ0) is 13.1. The normalized spacial score (nSPS) is 20.1. The fraction of sp³-hybridized carbons (Fsp3) is 0.462. The van der Waals surface area contributed by atoms with Crippen molar-refractivity contribution in [2.75, 3.05) is 25.5 Å². The average Bonchev–Trinajstić information content (AvgIpc) is 2.69. The number of nitrogens with zero attached hydrogens (tertiary/aromatic N) is 1. The molecule has 1 amide bonds. The van der Waals surface area contributed by atoms with E-state index in [4.69, 9.17) is 23.2 Å². The van der Waals surface area contributed by atoms with E-state index in [1.165, 1.54) is 0 Å². The molecule has 1 fully saturated rings. The van der Waals surface area contributed by atoms with Gasteiger partial charge in [-0.2, -0.15) is 0 Å². The molecule has 98 valence electrons. The topological polar surface area (TPSA) is 32.3 Å². The number of amides is 1. The molecule has 18 heavy (non-hydrogen) atoms. The molecule has 5 heteroatoms. The second-order valence-electron chi connectivity index (χ2n) is 4.77. The second-order valence-corrected chi connectivity index (χ2v) is 5.58. The van der Waals surface area contributed by atoms with Crippen molar-refractivity contribution in [3.8, 4) is 0 Å².